The van der Waals surface area contributed by atoms with E-state index in [4.69, 9.17) is 9.47 Å². The number of alkyl carbamates (subject to hydrolysis) is 1. The number of carbonyl (C=O) groups excluding carboxylic acids is 2. The van der Waals surface area contributed by atoms with Crippen molar-refractivity contribution < 1.29 is 19.1 Å². The Bertz CT molecular complexity index is 481. The van der Waals surface area contributed by atoms with Crippen LogP contribution in [-0.4, -0.2) is 67.9 Å². The maximum absolute atomic E-state index is 12.1. The van der Waals surface area contributed by atoms with E-state index in [1.54, 1.807) is 20.8 Å². The molecule has 0 bridgehead atoms. The van der Waals surface area contributed by atoms with E-state index < -0.39 is 23.7 Å². The van der Waals surface area contributed by atoms with E-state index in [0.717, 1.165) is 38.9 Å². The predicted octanol–water partition coefficient (Wildman–Crippen LogP) is 1.52. The summed E-state index contributed by atoms with van der Waals surface area (Å²) < 4.78 is 10.1. The van der Waals surface area contributed by atoms with Crippen LogP contribution in [0, 0.1) is 5.92 Å². The summed E-state index contributed by atoms with van der Waals surface area (Å²) >= 11 is 0. The Labute approximate surface area is 150 Å². The lowest BCUT2D eigenvalue weighted by Gasteiger charge is -2.38. The Morgan fingerprint density at radius 2 is 1.96 bits per heavy atom. The second-order valence-corrected chi connectivity index (χ2v) is 8.49. The molecule has 0 aromatic carbocycles. The van der Waals surface area contributed by atoms with E-state index >= 15 is 0 Å². The summed E-state index contributed by atoms with van der Waals surface area (Å²) in [5, 5.41) is 6.35. The van der Waals surface area contributed by atoms with Crippen LogP contribution in [0.5, 0.6) is 0 Å². The number of esters is 1. The van der Waals surface area contributed by atoms with Crippen molar-refractivity contribution in [3.05, 3.63) is 0 Å². The van der Waals surface area contributed by atoms with Crippen LogP contribution in [0.1, 0.15) is 46.5 Å². The molecule has 2 N–H and O–H groups in total. The maximum atomic E-state index is 12.1. The highest BCUT2D eigenvalue weighted by atomic mass is 16.6. The van der Waals surface area contributed by atoms with Gasteiger partial charge in [0.05, 0.1) is 7.11 Å². The Hall–Kier alpha value is -1.34. The van der Waals surface area contributed by atoms with Gasteiger partial charge < -0.3 is 25.0 Å². The number of nitrogens with one attached hydrogen (secondary N) is 2. The third kappa shape index (κ3) is 5.85. The van der Waals surface area contributed by atoms with E-state index in [0.29, 0.717) is 12.3 Å². The highest BCUT2D eigenvalue weighted by molar-refractivity contribution is 5.81. The average Bonchev–Trinajstić information content (AvgIpc) is 2.90. The molecule has 2 rings (SSSR count). The molecule has 2 atom stereocenters. The topological polar surface area (TPSA) is 79.9 Å². The normalized spacial score (nSPS) is 24.8. The van der Waals surface area contributed by atoms with Crippen molar-refractivity contribution in [2.75, 3.05) is 33.8 Å². The summed E-state index contributed by atoms with van der Waals surface area (Å²) in [5.41, 5.74) is -0.415. The van der Waals surface area contributed by atoms with Gasteiger partial charge >= 0.3 is 12.1 Å². The minimum absolute atomic E-state index is 0.184. The molecule has 2 heterocycles. The van der Waals surface area contributed by atoms with Crippen molar-refractivity contribution in [2.45, 2.75) is 63.6 Å². The monoisotopic (exact) mass is 355 g/mol. The number of hydrogen-bond acceptors (Lipinski definition) is 6. The first-order chi connectivity index (χ1) is 11.6. The lowest BCUT2D eigenvalue weighted by Crippen LogP contribution is -2.48. The molecule has 7 heteroatoms. The average molecular weight is 355 g/mol. The molecule has 2 aliphatic heterocycles. The summed E-state index contributed by atoms with van der Waals surface area (Å²) in [7, 11) is 3.49. The predicted molar refractivity (Wildman–Crippen MR) is 95.4 cm³/mol. The number of nitrogens with zero attached hydrogens (tertiary/aromatic N) is 1. The number of likely N-dealkylation sites (tertiary alicyclic amines) is 1. The Morgan fingerprint density at radius 1 is 1.32 bits per heavy atom. The van der Waals surface area contributed by atoms with Gasteiger partial charge in [0, 0.05) is 5.54 Å². The number of amides is 1. The van der Waals surface area contributed by atoms with Crippen LogP contribution < -0.4 is 10.6 Å². The summed E-state index contributed by atoms with van der Waals surface area (Å²) in [6, 6.07) is -0.673. The van der Waals surface area contributed by atoms with Gasteiger partial charge in [-0.2, -0.15) is 0 Å². The standard InChI is InChI=1S/C18H33N3O4/c1-17(2,3)25-16(23)20-14(15(22)24-5)10-13-11-18(19-12-13)6-8-21(4)9-7-18/h13-14,19H,6-12H2,1-5H3,(H,20,23)/t13?,14-/m0/s1. The van der Waals surface area contributed by atoms with Gasteiger partial charge in [-0.3, -0.25) is 0 Å². The van der Waals surface area contributed by atoms with Crippen LogP contribution in [0.2, 0.25) is 0 Å². The van der Waals surface area contributed by atoms with Crippen molar-refractivity contribution in [3.63, 3.8) is 0 Å². The fraction of sp³-hybridized carbons (Fsp3) is 0.889. The Morgan fingerprint density at radius 3 is 2.52 bits per heavy atom. The maximum Gasteiger partial charge on any atom is 0.408 e. The number of ether oxygens (including phenoxy) is 2. The van der Waals surface area contributed by atoms with Crippen LogP contribution in [0.3, 0.4) is 0 Å². The second-order valence-electron chi connectivity index (χ2n) is 8.49. The van der Waals surface area contributed by atoms with Gasteiger partial charge in [-0.15, -0.1) is 0 Å². The van der Waals surface area contributed by atoms with Gasteiger partial charge in [0.2, 0.25) is 0 Å². The summed E-state index contributed by atoms with van der Waals surface area (Å²) in [4.78, 5) is 26.5. The van der Waals surface area contributed by atoms with Gasteiger partial charge in [0.1, 0.15) is 11.6 Å². The molecule has 1 amide bonds. The number of methoxy groups -OCH3 is 1. The van der Waals surface area contributed by atoms with E-state index in [-0.39, 0.29) is 5.54 Å². The summed E-state index contributed by atoms with van der Waals surface area (Å²) in [5.74, 6) is -0.0855. The second kappa shape index (κ2) is 7.91. The minimum atomic E-state index is -0.673. The van der Waals surface area contributed by atoms with E-state index in [1.807, 2.05) is 0 Å². The first-order valence-corrected chi connectivity index (χ1v) is 9.13. The first-order valence-electron chi connectivity index (χ1n) is 9.13. The van der Waals surface area contributed by atoms with E-state index in [2.05, 4.69) is 22.6 Å². The van der Waals surface area contributed by atoms with E-state index in [9.17, 15) is 9.59 Å². The van der Waals surface area contributed by atoms with Crippen molar-refractivity contribution in [1.29, 1.82) is 0 Å². The number of hydrogen-bond donors (Lipinski definition) is 2. The van der Waals surface area contributed by atoms with Crippen molar-refractivity contribution in [1.82, 2.24) is 15.5 Å². The largest absolute Gasteiger partial charge is 0.467 e. The molecular formula is C18H33N3O4. The number of piperidine rings is 1. The lowest BCUT2D eigenvalue weighted by atomic mass is 9.82. The van der Waals surface area contributed by atoms with Crippen molar-refractivity contribution in [3.8, 4) is 0 Å². The van der Waals surface area contributed by atoms with Crippen LogP contribution in [0.15, 0.2) is 0 Å². The zero-order valence-electron chi connectivity index (χ0n) is 16.2. The summed E-state index contributed by atoms with van der Waals surface area (Å²) in [6.07, 6.45) is 3.27. The Kier molecular flexibility index (Phi) is 6.32. The fourth-order valence-corrected chi connectivity index (χ4v) is 3.79. The van der Waals surface area contributed by atoms with Crippen LogP contribution >= 0.6 is 0 Å². The molecule has 25 heavy (non-hydrogen) atoms. The highest BCUT2D eigenvalue weighted by Crippen LogP contribution is 2.35. The first kappa shape index (κ1) is 20.0. The molecule has 1 unspecified atom stereocenters. The van der Waals surface area contributed by atoms with Crippen molar-refractivity contribution >= 4 is 12.1 Å². The lowest BCUT2D eigenvalue weighted by molar-refractivity contribution is -0.143. The van der Waals surface area contributed by atoms with Crippen LogP contribution in [0.4, 0.5) is 4.79 Å². The SMILES string of the molecule is COC(=O)[C@H](CC1CNC2(CCN(C)CC2)C1)NC(=O)OC(C)(C)C. The molecule has 2 fully saturated rings. The third-order valence-electron chi connectivity index (χ3n) is 5.14. The van der Waals surface area contributed by atoms with E-state index in [1.165, 1.54) is 7.11 Å². The molecule has 0 aromatic heterocycles. The molecule has 0 saturated carbocycles. The van der Waals surface area contributed by atoms with Gasteiger partial charge in [0.15, 0.2) is 0 Å². The Balaban J connectivity index is 1.92. The molecule has 0 aliphatic carbocycles. The number of carbonyl (C=O) groups is 2. The molecule has 0 radical (unpaired) electrons. The smallest absolute Gasteiger partial charge is 0.408 e. The van der Waals surface area contributed by atoms with Crippen LogP contribution in [0.25, 0.3) is 0 Å². The zero-order chi connectivity index (χ0) is 18.7. The molecule has 7 nitrogen and oxygen atoms in total. The minimum Gasteiger partial charge on any atom is -0.467 e. The molecule has 1 spiro atoms. The van der Waals surface area contributed by atoms with Gasteiger partial charge in [0.25, 0.3) is 0 Å². The molecular weight excluding hydrogens is 322 g/mol. The summed E-state index contributed by atoms with van der Waals surface area (Å²) in [6.45, 7) is 8.44. The highest BCUT2D eigenvalue weighted by Gasteiger charge is 2.42. The molecule has 2 aliphatic rings. The van der Waals surface area contributed by atoms with Gasteiger partial charge in [-0.1, -0.05) is 0 Å². The van der Waals surface area contributed by atoms with Crippen LogP contribution in [-0.2, 0) is 14.3 Å². The molecule has 2 saturated heterocycles. The molecule has 144 valence electrons. The quantitative estimate of drug-likeness (QED) is 0.744. The third-order valence-corrected chi connectivity index (χ3v) is 5.14. The zero-order valence-corrected chi connectivity index (χ0v) is 16.2. The fourth-order valence-electron chi connectivity index (χ4n) is 3.79. The van der Waals surface area contributed by atoms with Gasteiger partial charge in [-0.05, 0) is 79.1 Å². The number of rotatable bonds is 4. The molecule has 0 aromatic rings. The van der Waals surface area contributed by atoms with Crippen molar-refractivity contribution in [2.24, 2.45) is 5.92 Å². The van der Waals surface area contributed by atoms with Gasteiger partial charge in [-0.25, -0.2) is 9.59 Å².